The molecule has 0 aromatic rings. The molecule has 53 valence electrons. The van der Waals surface area contributed by atoms with E-state index in [-0.39, 0.29) is 0 Å². The van der Waals surface area contributed by atoms with Crippen molar-refractivity contribution in [3.8, 4) is 0 Å². The van der Waals surface area contributed by atoms with Crippen molar-refractivity contribution in [1.29, 1.82) is 0 Å². The highest BCUT2D eigenvalue weighted by Crippen LogP contribution is 2.47. The Morgan fingerprint density at radius 1 is 1.67 bits per heavy atom. The first-order valence-corrected chi connectivity index (χ1v) is 4.08. The zero-order valence-electron chi connectivity index (χ0n) is 6.78. The average Bonchev–Trinajstić information content (AvgIpc) is 2.47. The van der Waals surface area contributed by atoms with Crippen LogP contribution in [-0.2, 0) is 0 Å². The van der Waals surface area contributed by atoms with Crippen molar-refractivity contribution in [2.45, 2.75) is 40.0 Å². The quantitative estimate of drug-likeness (QED) is 0.544. The van der Waals surface area contributed by atoms with Crippen LogP contribution in [0.4, 0.5) is 0 Å². The van der Waals surface area contributed by atoms with Crippen LogP contribution in [0.5, 0.6) is 0 Å². The Kier molecular flexibility index (Phi) is 2.15. The molecule has 0 amide bonds. The minimum Gasteiger partial charge on any atom is -0.0654 e. The summed E-state index contributed by atoms with van der Waals surface area (Å²) in [7, 11) is 0. The molecule has 0 aliphatic heterocycles. The normalized spacial score (nSPS) is 30.3. The monoisotopic (exact) mass is 125 g/mol. The van der Waals surface area contributed by atoms with Gasteiger partial charge in [0.1, 0.15) is 0 Å². The van der Waals surface area contributed by atoms with Crippen molar-refractivity contribution in [1.82, 2.24) is 0 Å². The van der Waals surface area contributed by atoms with Crippen LogP contribution in [0.25, 0.3) is 0 Å². The highest BCUT2D eigenvalue weighted by molar-refractivity contribution is 5.11. The van der Waals surface area contributed by atoms with Gasteiger partial charge >= 0.3 is 0 Å². The molecule has 0 aromatic heterocycles. The predicted molar refractivity (Wildman–Crippen MR) is 41.1 cm³/mol. The maximum atomic E-state index is 2.38. The Balaban J connectivity index is 2.11. The van der Waals surface area contributed by atoms with E-state index in [2.05, 4.69) is 20.8 Å². The molecule has 1 fully saturated rings. The molecule has 9 heavy (non-hydrogen) atoms. The summed E-state index contributed by atoms with van der Waals surface area (Å²) in [6, 6.07) is 0. The summed E-state index contributed by atoms with van der Waals surface area (Å²) in [6.07, 6.45) is 4.19. The van der Waals surface area contributed by atoms with E-state index in [4.69, 9.17) is 0 Å². The fraction of sp³-hybridized carbons (Fsp3) is 0.889. The molecule has 0 bridgehead atoms. The molecule has 0 nitrogen and oxygen atoms in total. The van der Waals surface area contributed by atoms with Crippen LogP contribution in [0.1, 0.15) is 40.0 Å². The summed E-state index contributed by atoms with van der Waals surface area (Å²) in [5, 5.41) is 0. The molecule has 0 aromatic carbocycles. The lowest BCUT2D eigenvalue weighted by Crippen LogP contribution is -1.96. The first-order valence-electron chi connectivity index (χ1n) is 4.08. The molecular formula is C9H17. The third-order valence-electron chi connectivity index (χ3n) is 2.45. The van der Waals surface area contributed by atoms with Gasteiger partial charge in [-0.05, 0) is 24.2 Å². The third-order valence-corrected chi connectivity index (χ3v) is 2.45. The van der Waals surface area contributed by atoms with E-state index in [1.807, 2.05) is 0 Å². The van der Waals surface area contributed by atoms with Gasteiger partial charge in [-0.25, -0.2) is 0 Å². The standard InChI is InChI=1S/C9H17/c1-4-5-7(2)9-6-8(9)3/h7,9H,4-6H2,1-3H3. The highest BCUT2D eigenvalue weighted by Gasteiger charge is 2.36. The molecule has 1 radical (unpaired) electrons. The van der Waals surface area contributed by atoms with Gasteiger partial charge < -0.3 is 0 Å². The van der Waals surface area contributed by atoms with Crippen molar-refractivity contribution < 1.29 is 0 Å². The maximum absolute atomic E-state index is 2.38. The fourth-order valence-electron chi connectivity index (χ4n) is 1.63. The van der Waals surface area contributed by atoms with Crippen LogP contribution in [0.15, 0.2) is 0 Å². The third kappa shape index (κ3) is 1.70. The summed E-state index contributed by atoms with van der Waals surface area (Å²) in [4.78, 5) is 0. The van der Waals surface area contributed by atoms with Crippen molar-refractivity contribution in [3.05, 3.63) is 5.92 Å². The smallest absolute Gasteiger partial charge is 0.0235 e. The molecule has 0 heteroatoms. The Morgan fingerprint density at radius 3 is 2.56 bits per heavy atom. The fourth-order valence-corrected chi connectivity index (χ4v) is 1.63. The van der Waals surface area contributed by atoms with E-state index in [0.29, 0.717) is 0 Å². The topological polar surface area (TPSA) is 0 Å². The number of hydrogen-bond donors (Lipinski definition) is 0. The molecule has 1 rings (SSSR count). The summed E-state index contributed by atoms with van der Waals surface area (Å²) in [5.41, 5.74) is 0. The van der Waals surface area contributed by atoms with Gasteiger partial charge in [-0.15, -0.1) is 0 Å². The molecule has 1 aliphatic rings. The van der Waals surface area contributed by atoms with Crippen molar-refractivity contribution in [2.24, 2.45) is 11.8 Å². The zero-order valence-corrected chi connectivity index (χ0v) is 6.78. The van der Waals surface area contributed by atoms with Gasteiger partial charge in [-0.2, -0.15) is 0 Å². The van der Waals surface area contributed by atoms with Gasteiger partial charge in [0.25, 0.3) is 0 Å². The summed E-state index contributed by atoms with van der Waals surface area (Å²) >= 11 is 0. The van der Waals surface area contributed by atoms with E-state index >= 15 is 0 Å². The van der Waals surface area contributed by atoms with Crippen molar-refractivity contribution in [3.63, 3.8) is 0 Å². The lowest BCUT2D eigenvalue weighted by atomic mass is 10.00. The molecule has 0 spiro atoms. The minimum atomic E-state index is 0.968. The van der Waals surface area contributed by atoms with E-state index in [9.17, 15) is 0 Å². The van der Waals surface area contributed by atoms with Gasteiger partial charge in [0.2, 0.25) is 0 Å². The van der Waals surface area contributed by atoms with Gasteiger partial charge in [-0.1, -0.05) is 33.6 Å². The van der Waals surface area contributed by atoms with E-state index < -0.39 is 0 Å². The SMILES string of the molecule is CCCC(C)C1C[C]1C. The average molecular weight is 125 g/mol. The van der Waals surface area contributed by atoms with Gasteiger partial charge in [0.05, 0.1) is 0 Å². The highest BCUT2D eigenvalue weighted by atomic mass is 14.4. The Hall–Kier alpha value is 0. The molecule has 1 saturated carbocycles. The summed E-state index contributed by atoms with van der Waals surface area (Å²) < 4.78 is 0. The number of rotatable bonds is 3. The minimum absolute atomic E-state index is 0.968. The van der Waals surface area contributed by atoms with Crippen LogP contribution in [0.2, 0.25) is 0 Å². The van der Waals surface area contributed by atoms with Crippen molar-refractivity contribution in [2.75, 3.05) is 0 Å². The van der Waals surface area contributed by atoms with Gasteiger partial charge in [0, 0.05) is 0 Å². The Labute approximate surface area is 58.7 Å². The molecule has 0 N–H and O–H groups in total. The van der Waals surface area contributed by atoms with Gasteiger partial charge in [0.15, 0.2) is 0 Å². The molecule has 2 atom stereocenters. The first-order chi connectivity index (χ1) is 4.25. The van der Waals surface area contributed by atoms with E-state index in [1.54, 1.807) is 5.92 Å². The number of hydrogen-bond acceptors (Lipinski definition) is 0. The first kappa shape index (κ1) is 7.11. The van der Waals surface area contributed by atoms with Crippen LogP contribution in [0, 0.1) is 17.8 Å². The lowest BCUT2D eigenvalue weighted by molar-refractivity contribution is 0.469. The Morgan fingerprint density at radius 2 is 2.22 bits per heavy atom. The molecule has 0 saturated heterocycles. The second kappa shape index (κ2) is 2.72. The second-order valence-corrected chi connectivity index (χ2v) is 3.42. The van der Waals surface area contributed by atoms with Crippen LogP contribution in [0.3, 0.4) is 0 Å². The lowest BCUT2D eigenvalue weighted by Gasteiger charge is -2.06. The predicted octanol–water partition coefficient (Wildman–Crippen LogP) is 3.04. The molecule has 2 unspecified atom stereocenters. The second-order valence-electron chi connectivity index (χ2n) is 3.42. The molecular weight excluding hydrogens is 108 g/mol. The Bertz CT molecular complexity index is 86.0. The van der Waals surface area contributed by atoms with E-state index in [0.717, 1.165) is 11.8 Å². The van der Waals surface area contributed by atoms with E-state index in [1.165, 1.54) is 19.3 Å². The molecule has 1 aliphatic carbocycles. The summed E-state index contributed by atoms with van der Waals surface area (Å²) in [6.45, 7) is 6.94. The van der Waals surface area contributed by atoms with Crippen LogP contribution >= 0.6 is 0 Å². The maximum Gasteiger partial charge on any atom is -0.0235 e. The zero-order chi connectivity index (χ0) is 6.85. The van der Waals surface area contributed by atoms with Crippen molar-refractivity contribution >= 4 is 0 Å². The van der Waals surface area contributed by atoms with Crippen LogP contribution < -0.4 is 0 Å². The molecule has 0 heterocycles. The van der Waals surface area contributed by atoms with Gasteiger partial charge in [-0.3, -0.25) is 0 Å². The van der Waals surface area contributed by atoms with Crippen LogP contribution in [-0.4, -0.2) is 0 Å². The summed E-state index contributed by atoms with van der Waals surface area (Å²) in [5.74, 6) is 3.70. The largest absolute Gasteiger partial charge is 0.0654 e.